The van der Waals surface area contributed by atoms with E-state index in [1.807, 2.05) is 20.9 Å². The molecule has 1 aromatic heterocycles. The van der Waals surface area contributed by atoms with Gasteiger partial charge in [-0.05, 0) is 19.9 Å². The Hall–Kier alpha value is -1.58. The van der Waals surface area contributed by atoms with E-state index in [1.165, 1.54) is 6.08 Å². The first-order valence-electron chi connectivity index (χ1n) is 4.00. The molecule has 0 aliphatic rings. The molecule has 1 rings (SSSR count). The molecule has 1 aromatic rings. The van der Waals surface area contributed by atoms with Gasteiger partial charge >= 0.3 is 0 Å². The second kappa shape index (κ2) is 3.43. The number of hydrogen-bond donors (Lipinski definition) is 1. The molecule has 0 spiro atoms. The molecular formula is C9H13N3O. The maximum absolute atomic E-state index is 11.0. The number of hydrogen-bond acceptors (Lipinski definition) is 2. The number of nitrogens with one attached hydrogen (secondary N) is 1. The highest BCUT2D eigenvalue weighted by atomic mass is 16.1. The molecule has 0 saturated heterocycles. The minimum absolute atomic E-state index is 0.209. The smallest absolute Gasteiger partial charge is 0.247 e. The summed E-state index contributed by atoms with van der Waals surface area (Å²) in [5.74, 6) is -0.209. The van der Waals surface area contributed by atoms with Crippen LogP contribution in [0.1, 0.15) is 11.4 Å². The highest BCUT2D eigenvalue weighted by molar-refractivity contribution is 5.99. The average molecular weight is 179 g/mol. The third-order valence-corrected chi connectivity index (χ3v) is 1.94. The Morgan fingerprint density at radius 2 is 2.23 bits per heavy atom. The predicted octanol–water partition coefficient (Wildman–Crippen LogP) is 1.16. The summed E-state index contributed by atoms with van der Waals surface area (Å²) in [6.45, 7) is 7.14. The third-order valence-electron chi connectivity index (χ3n) is 1.94. The summed E-state index contributed by atoms with van der Waals surface area (Å²) in [5.41, 5.74) is 2.52. The summed E-state index contributed by atoms with van der Waals surface area (Å²) in [7, 11) is 1.84. The Balaban J connectivity index is 3.00. The second-order valence-corrected chi connectivity index (χ2v) is 2.86. The minimum Gasteiger partial charge on any atom is -0.319 e. The standard InChI is InChI=1S/C9H13N3O/c1-5-8(13)10-9-6(2)11-12(4)7(9)3/h5H,1H2,2-4H3,(H,10,13). The first-order chi connectivity index (χ1) is 6.06. The summed E-state index contributed by atoms with van der Waals surface area (Å²) in [6, 6.07) is 0. The predicted molar refractivity (Wildman–Crippen MR) is 51.5 cm³/mol. The largest absolute Gasteiger partial charge is 0.319 e. The Morgan fingerprint density at radius 1 is 1.62 bits per heavy atom. The third kappa shape index (κ3) is 1.77. The van der Waals surface area contributed by atoms with Crippen molar-refractivity contribution in [3.05, 3.63) is 24.0 Å². The van der Waals surface area contributed by atoms with E-state index < -0.39 is 0 Å². The van der Waals surface area contributed by atoms with Crippen molar-refractivity contribution < 1.29 is 4.79 Å². The van der Waals surface area contributed by atoms with Crippen molar-refractivity contribution in [1.29, 1.82) is 0 Å². The van der Waals surface area contributed by atoms with Crippen molar-refractivity contribution in [1.82, 2.24) is 9.78 Å². The molecule has 4 heteroatoms. The maximum atomic E-state index is 11.0. The fraction of sp³-hybridized carbons (Fsp3) is 0.333. The lowest BCUT2D eigenvalue weighted by Crippen LogP contribution is -2.08. The molecule has 0 atom stereocenters. The van der Waals surface area contributed by atoms with Crippen molar-refractivity contribution in [3.63, 3.8) is 0 Å². The Bertz CT molecular complexity index is 352. The summed E-state index contributed by atoms with van der Waals surface area (Å²) >= 11 is 0. The minimum atomic E-state index is -0.209. The quantitative estimate of drug-likeness (QED) is 0.692. The number of carbonyl (C=O) groups excluding carboxylic acids is 1. The Morgan fingerprint density at radius 3 is 2.62 bits per heavy atom. The fourth-order valence-electron chi connectivity index (χ4n) is 1.13. The molecule has 0 unspecified atom stereocenters. The van der Waals surface area contributed by atoms with Crippen LogP contribution in [0, 0.1) is 13.8 Å². The Kier molecular flexibility index (Phi) is 2.51. The molecule has 0 aromatic carbocycles. The molecule has 0 bridgehead atoms. The SMILES string of the molecule is C=CC(=O)Nc1c(C)nn(C)c1C. The molecular weight excluding hydrogens is 166 g/mol. The number of anilines is 1. The van der Waals surface area contributed by atoms with Crippen LogP contribution in [0.15, 0.2) is 12.7 Å². The summed E-state index contributed by atoms with van der Waals surface area (Å²) in [6.07, 6.45) is 1.24. The number of aryl methyl sites for hydroxylation is 2. The molecule has 0 saturated carbocycles. The average Bonchev–Trinajstić information content (AvgIpc) is 2.32. The lowest BCUT2D eigenvalue weighted by Gasteiger charge is -2.01. The first kappa shape index (κ1) is 9.51. The highest BCUT2D eigenvalue weighted by Crippen LogP contribution is 2.17. The fourth-order valence-corrected chi connectivity index (χ4v) is 1.13. The topological polar surface area (TPSA) is 46.9 Å². The van der Waals surface area contributed by atoms with Gasteiger partial charge in [0, 0.05) is 7.05 Å². The summed E-state index contributed by atoms with van der Waals surface area (Å²) < 4.78 is 1.73. The van der Waals surface area contributed by atoms with Gasteiger partial charge < -0.3 is 5.32 Å². The zero-order valence-electron chi connectivity index (χ0n) is 8.09. The molecule has 1 heterocycles. The van der Waals surface area contributed by atoms with Crippen LogP contribution in [0.5, 0.6) is 0 Å². The van der Waals surface area contributed by atoms with Crippen LogP contribution < -0.4 is 5.32 Å². The van der Waals surface area contributed by atoms with Crippen LogP contribution in [-0.4, -0.2) is 15.7 Å². The van der Waals surface area contributed by atoms with Crippen LogP contribution in [0.2, 0.25) is 0 Å². The van der Waals surface area contributed by atoms with E-state index in [4.69, 9.17) is 0 Å². The normalized spacial score (nSPS) is 9.77. The van der Waals surface area contributed by atoms with Gasteiger partial charge in [-0.2, -0.15) is 5.10 Å². The van der Waals surface area contributed by atoms with Crippen LogP contribution in [0.3, 0.4) is 0 Å². The Labute approximate surface area is 77.3 Å². The molecule has 0 aliphatic carbocycles. The van der Waals surface area contributed by atoms with Gasteiger partial charge in [-0.3, -0.25) is 9.48 Å². The van der Waals surface area contributed by atoms with Crippen molar-refractivity contribution in [3.8, 4) is 0 Å². The lowest BCUT2D eigenvalue weighted by atomic mass is 10.3. The van der Waals surface area contributed by atoms with Gasteiger partial charge in [0.15, 0.2) is 0 Å². The molecule has 1 N–H and O–H groups in total. The van der Waals surface area contributed by atoms with Crippen molar-refractivity contribution in [2.45, 2.75) is 13.8 Å². The van der Waals surface area contributed by atoms with Crippen molar-refractivity contribution >= 4 is 11.6 Å². The van der Waals surface area contributed by atoms with Crippen molar-refractivity contribution in [2.75, 3.05) is 5.32 Å². The van der Waals surface area contributed by atoms with E-state index in [-0.39, 0.29) is 5.91 Å². The van der Waals surface area contributed by atoms with Gasteiger partial charge in [0.1, 0.15) is 0 Å². The van der Waals surface area contributed by atoms with E-state index in [0.717, 1.165) is 17.1 Å². The van der Waals surface area contributed by atoms with Gasteiger partial charge in [-0.1, -0.05) is 6.58 Å². The van der Waals surface area contributed by atoms with Gasteiger partial charge in [0.05, 0.1) is 17.1 Å². The number of carbonyl (C=O) groups is 1. The summed E-state index contributed by atoms with van der Waals surface area (Å²) in [4.78, 5) is 11.0. The van der Waals surface area contributed by atoms with Gasteiger partial charge in [0.2, 0.25) is 5.91 Å². The van der Waals surface area contributed by atoms with Crippen molar-refractivity contribution in [2.24, 2.45) is 7.05 Å². The summed E-state index contributed by atoms with van der Waals surface area (Å²) in [5, 5.41) is 6.87. The van der Waals surface area contributed by atoms with E-state index >= 15 is 0 Å². The monoisotopic (exact) mass is 179 g/mol. The molecule has 70 valence electrons. The first-order valence-corrected chi connectivity index (χ1v) is 4.00. The molecule has 0 aliphatic heterocycles. The van der Waals surface area contributed by atoms with Crippen LogP contribution >= 0.6 is 0 Å². The van der Waals surface area contributed by atoms with E-state index in [1.54, 1.807) is 4.68 Å². The molecule has 13 heavy (non-hydrogen) atoms. The number of rotatable bonds is 2. The van der Waals surface area contributed by atoms with E-state index in [2.05, 4.69) is 17.0 Å². The van der Waals surface area contributed by atoms with Crippen LogP contribution in [0.25, 0.3) is 0 Å². The van der Waals surface area contributed by atoms with E-state index in [0.29, 0.717) is 0 Å². The lowest BCUT2D eigenvalue weighted by molar-refractivity contribution is -0.111. The number of aromatic nitrogens is 2. The molecule has 4 nitrogen and oxygen atoms in total. The zero-order chi connectivity index (χ0) is 10.0. The van der Waals surface area contributed by atoms with Gasteiger partial charge in [-0.25, -0.2) is 0 Å². The second-order valence-electron chi connectivity index (χ2n) is 2.86. The maximum Gasteiger partial charge on any atom is 0.247 e. The number of amides is 1. The molecule has 0 radical (unpaired) electrons. The van der Waals surface area contributed by atoms with Crippen LogP contribution in [0.4, 0.5) is 5.69 Å². The zero-order valence-corrected chi connectivity index (χ0v) is 8.09. The highest BCUT2D eigenvalue weighted by Gasteiger charge is 2.09. The van der Waals surface area contributed by atoms with Gasteiger partial charge in [-0.15, -0.1) is 0 Å². The number of nitrogens with zero attached hydrogens (tertiary/aromatic N) is 2. The molecule has 1 amide bonds. The van der Waals surface area contributed by atoms with Crippen LogP contribution in [-0.2, 0) is 11.8 Å². The van der Waals surface area contributed by atoms with Gasteiger partial charge in [0.25, 0.3) is 0 Å². The van der Waals surface area contributed by atoms with E-state index in [9.17, 15) is 4.79 Å². The molecule has 0 fully saturated rings.